The third-order valence-corrected chi connectivity index (χ3v) is 2.54. The Morgan fingerprint density at radius 1 is 1.50 bits per heavy atom. The highest BCUT2D eigenvalue weighted by atomic mass is 79.9. The summed E-state index contributed by atoms with van der Waals surface area (Å²) in [7, 11) is 0. The number of aliphatic hydroxyl groups excluding tert-OH is 2. The fourth-order valence-electron chi connectivity index (χ4n) is 1.27. The zero-order chi connectivity index (χ0) is 12.3. The van der Waals surface area contributed by atoms with Gasteiger partial charge in [0.05, 0.1) is 12.5 Å². The molecule has 4 N–H and O–H groups in total. The molecule has 2 atom stereocenters. The summed E-state index contributed by atoms with van der Waals surface area (Å²) < 4.78 is 13.9. The lowest BCUT2D eigenvalue weighted by atomic mass is 10.0. The van der Waals surface area contributed by atoms with Gasteiger partial charge in [0.2, 0.25) is 5.91 Å². The molecule has 0 spiro atoms. The molecular weight excluding hydrogens is 281 g/mol. The maximum Gasteiger partial charge on any atom is 0.220 e. The first-order valence-electron chi connectivity index (χ1n) is 4.51. The predicted molar refractivity (Wildman–Crippen MR) is 58.9 cm³/mol. The predicted octanol–water partition coefficient (Wildman–Crippen LogP) is 0.858. The Morgan fingerprint density at radius 3 is 2.69 bits per heavy atom. The molecule has 1 amide bonds. The van der Waals surface area contributed by atoms with Crippen molar-refractivity contribution in [1.82, 2.24) is 0 Å². The van der Waals surface area contributed by atoms with Crippen molar-refractivity contribution in [3.8, 4) is 0 Å². The molecule has 16 heavy (non-hydrogen) atoms. The highest BCUT2D eigenvalue weighted by Crippen LogP contribution is 2.25. The van der Waals surface area contributed by atoms with Crippen LogP contribution >= 0.6 is 15.9 Å². The Balaban J connectivity index is 2.90. The SMILES string of the molecule is NC(=O)CC(O)C(O)c1cc(Br)ccc1F. The highest BCUT2D eigenvalue weighted by Gasteiger charge is 2.23. The van der Waals surface area contributed by atoms with Crippen molar-refractivity contribution in [2.24, 2.45) is 5.73 Å². The van der Waals surface area contributed by atoms with Crippen LogP contribution < -0.4 is 5.73 Å². The largest absolute Gasteiger partial charge is 0.390 e. The number of hydrogen-bond acceptors (Lipinski definition) is 3. The van der Waals surface area contributed by atoms with E-state index in [1.807, 2.05) is 0 Å². The minimum atomic E-state index is -1.48. The van der Waals surface area contributed by atoms with Crippen LogP contribution in [-0.4, -0.2) is 22.2 Å². The zero-order valence-electron chi connectivity index (χ0n) is 8.23. The van der Waals surface area contributed by atoms with Crippen LogP contribution in [0, 0.1) is 5.82 Å². The number of benzene rings is 1. The molecule has 2 unspecified atom stereocenters. The Labute approximate surface area is 100 Å². The third kappa shape index (κ3) is 3.26. The molecule has 0 aliphatic carbocycles. The molecule has 0 bridgehead atoms. The van der Waals surface area contributed by atoms with E-state index in [0.29, 0.717) is 4.47 Å². The van der Waals surface area contributed by atoms with Crippen LogP contribution in [0.15, 0.2) is 22.7 Å². The maximum absolute atomic E-state index is 13.3. The van der Waals surface area contributed by atoms with Crippen LogP contribution in [0.3, 0.4) is 0 Å². The van der Waals surface area contributed by atoms with Gasteiger partial charge in [-0.1, -0.05) is 15.9 Å². The first-order chi connectivity index (χ1) is 7.41. The van der Waals surface area contributed by atoms with Crippen molar-refractivity contribution in [3.63, 3.8) is 0 Å². The first-order valence-corrected chi connectivity index (χ1v) is 5.30. The first kappa shape index (κ1) is 13.1. The van der Waals surface area contributed by atoms with Crippen molar-refractivity contribution >= 4 is 21.8 Å². The van der Waals surface area contributed by atoms with E-state index in [4.69, 9.17) is 5.73 Å². The molecule has 88 valence electrons. The molecule has 1 rings (SSSR count). The average molecular weight is 292 g/mol. The van der Waals surface area contributed by atoms with Crippen LogP contribution in [0.5, 0.6) is 0 Å². The summed E-state index contributed by atoms with van der Waals surface area (Å²) >= 11 is 3.11. The number of rotatable bonds is 4. The summed E-state index contributed by atoms with van der Waals surface area (Å²) in [5.41, 5.74) is 4.78. The second-order valence-corrected chi connectivity index (χ2v) is 4.26. The number of carbonyl (C=O) groups excluding carboxylic acids is 1. The van der Waals surface area contributed by atoms with Gasteiger partial charge >= 0.3 is 0 Å². The van der Waals surface area contributed by atoms with Gasteiger partial charge in [0.15, 0.2) is 0 Å². The molecule has 0 aliphatic rings. The van der Waals surface area contributed by atoms with Gasteiger partial charge in [0.25, 0.3) is 0 Å². The number of halogens is 2. The van der Waals surface area contributed by atoms with E-state index in [9.17, 15) is 19.4 Å². The lowest BCUT2D eigenvalue weighted by molar-refractivity contribution is -0.121. The molecule has 0 saturated carbocycles. The van der Waals surface area contributed by atoms with Crippen LogP contribution in [0.4, 0.5) is 4.39 Å². The van der Waals surface area contributed by atoms with Gasteiger partial charge in [0, 0.05) is 10.0 Å². The third-order valence-electron chi connectivity index (χ3n) is 2.05. The zero-order valence-corrected chi connectivity index (χ0v) is 9.82. The van der Waals surface area contributed by atoms with Gasteiger partial charge in [-0.2, -0.15) is 0 Å². The normalized spacial score (nSPS) is 14.5. The van der Waals surface area contributed by atoms with Gasteiger partial charge in [-0.3, -0.25) is 4.79 Å². The Hall–Kier alpha value is -0.980. The summed E-state index contributed by atoms with van der Waals surface area (Å²) in [6.45, 7) is 0. The van der Waals surface area contributed by atoms with E-state index in [1.54, 1.807) is 0 Å². The van der Waals surface area contributed by atoms with Gasteiger partial charge in [-0.25, -0.2) is 4.39 Å². The van der Waals surface area contributed by atoms with Crippen molar-refractivity contribution in [3.05, 3.63) is 34.1 Å². The van der Waals surface area contributed by atoms with Crippen molar-refractivity contribution in [2.75, 3.05) is 0 Å². The number of nitrogens with two attached hydrogens (primary N) is 1. The number of amides is 1. The lowest BCUT2D eigenvalue weighted by Crippen LogP contribution is -2.26. The highest BCUT2D eigenvalue weighted by molar-refractivity contribution is 9.10. The summed E-state index contributed by atoms with van der Waals surface area (Å²) in [6, 6.07) is 3.95. The van der Waals surface area contributed by atoms with Crippen molar-refractivity contribution in [1.29, 1.82) is 0 Å². The molecule has 0 saturated heterocycles. The van der Waals surface area contributed by atoms with Gasteiger partial charge in [0.1, 0.15) is 11.9 Å². The van der Waals surface area contributed by atoms with Crippen LogP contribution in [-0.2, 0) is 4.79 Å². The van der Waals surface area contributed by atoms with Gasteiger partial charge < -0.3 is 15.9 Å². The van der Waals surface area contributed by atoms with E-state index in [0.717, 1.165) is 6.07 Å². The van der Waals surface area contributed by atoms with Gasteiger partial charge in [-0.15, -0.1) is 0 Å². The van der Waals surface area contributed by atoms with Crippen molar-refractivity contribution < 1.29 is 19.4 Å². The maximum atomic E-state index is 13.3. The topological polar surface area (TPSA) is 83.6 Å². The number of carbonyl (C=O) groups is 1. The minimum Gasteiger partial charge on any atom is -0.390 e. The monoisotopic (exact) mass is 291 g/mol. The molecule has 0 aromatic heterocycles. The summed E-state index contributed by atoms with van der Waals surface area (Å²) in [5, 5.41) is 19.0. The van der Waals surface area contributed by atoms with Crippen LogP contribution in [0.25, 0.3) is 0 Å². The second-order valence-electron chi connectivity index (χ2n) is 3.35. The molecule has 6 heteroatoms. The Bertz CT molecular complexity index is 400. The molecule has 0 heterocycles. The molecule has 4 nitrogen and oxygen atoms in total. The van der Waals surface area contributed by atoms with E-state index in [1.165, 1.54) is 12.1 Å². The molecular formula is C10H11BrFNO3. The van der Waals surface area contributed by atoms with Crippen LogP contribution in [0.1, 0.15) is 18.1 Å². The summed E-state index contributed by atoms with van der Waals surface area (Å²) in [4.78, 5) is 10.5. The Kier molecular flexibility index (Phi) is 4.40. The van der Waals surface area contributed by atoms with E-state index in [2.05, 4.69) is 15.9 Å². The molecule has 0 aliphatic heterocycles. The summed E-state index contributed by atoms with van der Waals surface area (Å²) in [5.74, 6) is -1.42. The smallest absolute Gasteiger partial charge is 0.220 e. The minimum absolute atomic E-state index is 0.0804. The molecule has 1 aromatic carbocycles. The fourth-order valence-corrected chi connectivity index (χ4v) is 1.65. The molecule has 1 aromatic rings. The van der Waals surface area contributed by atoms with Crippen molar-refractivity contribution in [2.45, 2.75) is 18.6 Å². The quantitative estimate of drug-likeness (QED) is 0.769. The summed E-state index contributed by atoms with van der Waals surface area (Å²) in [6.07, 6.45) is -3.32. The molecule has 0 fully saturated rings. The Morgan fingerprint density at radius 2 is 2.12 bits per heavy atom. The van der Waals surface area contributed by atoms with E-state index in [-0.39, 0.29) is 5.56 Å². The van der Waals surface area contributed by atoms with E-state index < -0.39 is 30.4 Å². The second kappa shape index (κ2) is 5.38. The number of primary amides is 1. The average Bonchev–Trinajstić information content (AvgIpc) is 2.19. The molecule has 0 radical (unpaired) electrons. The fraction of sp³-hybridized carbons (Fsp3) is 0.300. The number of aliphatic hydroxyl groups is 2. The lowest BCUT2D eigenvalue weighted by Gasteiger charge is -2.17. The number of hydrogen-bond donors (Lipinski definition) is 3. The van der Waals surface area contributed by atoms with E-state index >= 15 is 0 Å². The van der Waals surface area contributed by atoms with Gasteiger partial charge in [-0.05, 0) is 18.2 Å². The standard InChI is InChI=1S/C10H11BrFNO3/c11-5-1-2-7(12)6(3-5)10(16)8(14)4-9(13)15/h1-3,8,10,14,16H,4H2,(H2,13,15). The van der Waals surface area contributed by atoms with Crippen LogP contribution in [0.2, 0.25) is 0 Å².